The average Bonchev–Trinajstić information content (AvgIpc) is 2.89. The van der Waals surface area contributed by atoms with Crippen molar-refractivity contribution in [2.45, 2.75) is 102 Å². The molecule has 35 heavy (non-hydrogen) atoms. The van der Waals surface area contributed by atoms with E-state index in [-0.39, 0.29) is 0 Å². The van der Waals surface area contributed by atoms with Gasteiger partial charge in [-0.2, -0.15) is 10.5 Å². The van der Waals surface area contributed by atoms with Gasteiger partial charge in [-0.1, -0.05) is 67.6 Å². The molecular formula is C29H49N5S. The summed E-state index contributed by atoms with van der Waals surface area (Å²) >= 11 is 4.95. The van der Waals surface area contributed by atoms with Crippen LogP contribution >= 0.6 is 12.2 Å². The monoisotopic (exact) mass is 499 g/mol. The molecule has 5 nitrogen and oxygen atoms in total. The normalized spacial score (nSPS) is 10.9. The number of nitrogens with zero attached hydrogens (tertiary/aromatic N) is 4. The van der Waals surface area contributed by atoms with Crippen LogP contribution in [0.15, 0.2) is 12.1 Å². The number of nitrogens with one attached hydrogen (secondary N) is 1. The predicted molar refractivity (Wildman–Crippen MR) is 156 cm³/mol. The average molecular weight is 500 g/mol. The third-order valence-corrected chi connectivity index (χ3v) is 4.88. The van der Waals surface area contributed by atoms with E-state index in [4.69, 9.17) is 17.5 Å². The van der Waals surface area contributed by atoms with Gasteiger partial charge in [0.1, 0.15) is 22.6 Å². The highest BCUT2D eigenvalue weighted by atomic mass is 32.1. The molecule has 2 aromatic rings. The van der Waals surface area contributed by atoms with Crippen molar-refractivity contribution < 1.29 is 0 Å². The van der Waals surface area contributed by atoms with Crippen LogP contribution in [0.3, 0.4) is 0 Å². The standard InChI is InChI=1S/C13H17N3.C8H8N2S.4C2H6/c1-10-8-11(2)15-13(12(10)9-14)16-6-4-3-5-7-16;1-5-3-6(2)10-8(11)7(5)4-9;4*1-2/h8H,3-7H2,1-2H3;3H,1-2H3,(H,10,11);4*1-2H3. The Balaban J connectivity index is -0.000000472. The number of anilines is 1. The largest absolute Gasteiger partial charge is 0.356 e. The highest BCUT2D eigenvalue weighted by molar-refractivity contribution is 7.71. The zero-order valence-electron chi connectivity index (χ0n) is 24.4. The van der Waals surface area contributed by atoms with Gasteiger partial charge in [0, 0.05) is 24.5 Å². The Hall–Kier alpha value is -2.70. The van der Waals surface area contributed by atoms with Gasteiger partial charge in [0.05, 0.1) is 11.1 Å². The van der Waals surface area contributed by atoms with Crippen LogP contribution in [0.25, 0.3) is 0 Å². The van der Waals surface area contributed by atoms with Crippen molar-refractivity contribution in [3.63, 3.8) is 0 Å². The van der Waals surface area contributed by atoms with E-state index in [1.165, 1.54) is 19.3 Å². The third kappa shape index (κ3) is 13.1. The van der Waals surface area contributed by atoms with Gasteiger partial charge in [-0.05, 0) is 70.2 Å². The Morgan fingerprint density at radius 1 is 0.771 bits per heavy atom. The van der Waals surface area contributed by atoms with Crippen molar-refractivity contribution in [1.29, 1.82) is 10.5 Å². The van der Waals surface area contributed by atoms with E-state index in [1.54, 1.807) is 0 Å². The number of piperidine rings is 1. The molecule has 0 aliphatic carbocycles. The van der Waals surface area contributed by atoms with E-state index in [9.17, 15) is 5.26 Å². The minimum Gasteiger partial charge on any atom is -0.356 e. The van der Waals surface area contributed by atoms with E-state index in [0.29, 0.717) is 10.2 Å². The van der Waals surface area contributed by atoms with Crippen molar-refractivity contribution >= 4 is 18.0 Å². The minimum atomic E-state index is 0.532. The summed E-state index contributed by atoms with van der Waals surface area (Å²) in [6.07, 6.45) is 3.71. The maximum absolute atomic E-state index is 9.20. The summed E-state index contributed by atoms with van der Waals surface area (Å²) in [4.78, 5) is 9.71. The van der Waals surface area contributed by atoms with Crippen LogP contribution in [-0.2, 0) is 0 Å². The van der Waals surface area contributed by atoms with Gasteiger partial charge in [0.25, 0.3) is 0 Å². The second kappa shape index (κ2) is 23.1. The smallest absolute Gasteiger partial charge is 0.147 e. The number of nitriles is 2. The molecule has 1 fully saturated rings. The zero-order chi connectivity index (χ0) is 28.0. The maximum atomic E-state index is 9.20. The topological polar surface area (TPSA) is 79.5 Å². The second-order valence-corrected chi connectivity index (χ2v) is 7.30. The molecule has 1 saturated heterocycles. The zero-order valence-corrected chi connectivity index (χ0v) is 25.2. The minimum absolute atomic E-state index is 0.532. The van der Waals surface area contributed by atoms with Gasteiger partial charge in [0.15, 0.2) is 0 Å². The molecule has 0 amide bonds. The number of aromatic nitrogens is 2. The van der Waals surface area contributed by atoms with Crippen molar-refractivity contribution in [1.82, 2.24) is 9.97 Å². The molecule has 1 N–H and O–H groups in total. The molecule has 1 aliphatic heterocycles. The summed E-state index contributed by atoms with van der Waals surface area (Å²) in [7, 11) is 0. The Labute approximate surface area is 221 Å². The first-order chi connectivity index (χ1) is 16.9. The van der Waals surface area contributed by atoms with Crippen molar-refractivity contribution in [2.24, 2.45) is 0 Å². The highest BCUT2D eigenvalue weighted by Crippen LogP contribution is 2.24. The molecule has 6 heteroatoms. The first-order valence-electron chi connectivity index (χ1n) is 13.1. The van der Waals surface area contributed by atoms with Crippen molar-refractivity contribution in [3.8, 4) is 12.1 Å². The molecule has 196 valence electrons. The molecule has 0 bridgehead atoms. The lowest BCUT2D eigenvalue weighted by atomic mass is 10.1. The molecule has 0 spiro atoms. The van der Waals surface area contributed by atoms with Gasteiger partial charge in [0.2, 0.25) is 0 Å². The summed E-state index contributed by atoms with van der Waals surface area (Å²) in [5.74, 6) is 0.889. The van der Waals surface area contributed by atoms with E-state index in [0.717, 1.165) is 47.0 Å². The fraction of sp³-hybridized carbons (Fsp3) is 0.586. The summed E-state index contributed by atoms with van der Waals surface area (Å²) in [5, 5.41) is 17.9. The number of aryl methyl sites for hydroxylation is 4. The van der Waals surface area contributed by atoms with Crippen LogP contribution in [0.5, 0.6) is 0 Å². The quantitative estimate of drug-likeness (QED) is 0.396. The Kier molecular flexibility index (Phi) is 24.3. The third-order valence-electron chi connectivity index (χ3n) is 4.57. The molecule has 1 aliphatic rings. The van der Waals surface area contributed by atoms with E-state index >= 15 is 0 Å². The number of rotatable bonds is 1. The fourth-order valence-corrected chi connectivity index (χ4v) is 3.65. The molecule has 0 radical (unpaired) electrons. The lowest BCUT2D eigenvalue weighted by Gasteiger charge is -2.29. The van der Waals surface area contributed by atoms with E-state index < -0.39 is 0 Å². The highest BCUT2D eigenvalue weighted by Gasteiger charge is 2.17. The molecule has 3 heterocycles. The van der Waals surface area contributed by atoms with Crippen molar-refractivity contribution in [2.75, 3.05) is 18.0 Å². The first kappa shape index (κ1) is 36.9. The summed E-state index contributed by atoms with van der Waals surface area (Å²) in [6, 6.07) is 8.23. The molecule has 0 aromatic carbocycles. The number of aromatic amines is 1. The molecule has 3 rings (SSSR count). The van der Waals surface area contributed by atoms with Gasteiger partial charge in [-0.3, -0.25) is 0 Å². The van der Waals surface area contributed by atoms with Crippen LogP contribution in [0, 0.1) is 55.0 Å². The van der Waals surface area contributed by atoms with Gasteiger partial charge >= 0.3 is 0 Å². The lowest BCUT2D eigenvalue weighted by molar-refractivity contribution is 0.572. The van der Waals surface area contributed by atoms with Crippen LogP contribution in [-0.4, -0.2) is 23.1 Å². The van der Waals surface area contributed by atoms with Gasteiger partial charge in [-0.15, -0.1) is 0 Å². The molecular weight excluding hydrogens is 450 g/mol. The summed E-state index contributed by atoms with van der Waals surface area (Å²) in [6.45, 7) is 25.8. The number of pyridine rings is 2. The van der Waals surface area contributed by atoms with Crippen LogP contribution < -0.4 is 4.90 Å². The lowest BCUT2D eigenvalue weighted by Crippen LogP contribution is -2.31. The van der Waals surface area contributed by atoms with E-state index in [2.05, 4.69) is 27.0 Å². The van der Waals surface area contributed by atoms with Crippen LogP contribution in [0.2, 0.25) is 0 Å². The van der Waals surface area contributed by atoms with Gasteiger partial charge in [-0.25, -0.2) is 4.98 Å². The SMILES string of the molecule is CC.CC.CC.CC.Cc1cc(C)c(C#N)c(=S)[nH]1.Cc1cc(C)c(C#N)c(N2CCCCC2)n1. The van der Waals surface area contributed by atoms with Crippen molar-refractivity contribution in [3.05, 3.63) is 50.4 Å². The predicted octanol–water partition coefficient (Wildman–Crippen LogP) is 8.90. The maximum Gasteiger partial charge on any atom is 0.147 e. The van der Waals surface area contributed by atoms with Crippen LogP contribution in [0.4, 0.5) is 5.82 Å². The Bertz CT molecular complexity index is 959. The number of hydrogen-bond donors (Lipinski definition) is 1. The second-order valence-electron chi connectivity index (χ2n) is 6.89. The molecule has 2 aromatic heterocycles. The fourth-order valence-electron chi connectivity index (χ4n) is 3.28. The first-order valence-corrected chi connectivity index (χ1v) is 13.5. The molecule has 0 saturated carbocycles. The summed E-state index contributed by atoms with van der Waals surface area (Å²) in [5.41, 5.74) is 5.28. The van der Waals surface area contributed by atoms with Gasteiger partial charge < -0.3 is 9.88 Å². The van der Waals surface area contributed by atoms with E-state index in [1.807, 2.05) is 95.2 Å². The molecule has 0 atom stereocenters. The van der Waals surface area contributed by atoms with Crippen LogP contribution in [0.1, 0.15) is 108 Å². The molecule has 0 unspecified atom stereocenters. The Morgan fingerprint density at radius 2 is 1.23 bits per heavy atom. The number of H-pyrrole nitrogens is 1. The number of hydrogen-bond acceptors (Lipinski definition) is 5. The Morgan fingerprint density at radius 3 is 1.66 bits per heavy atom. The summed E-state index contributed by atoms with van der Waals surface area (Å²) < 4.78 is 0.532.